The molecule has 0 amide bonds. The molecule has 1 aromatic carbocycles. The van der Waals surface area contributed by atoms with Gasteiger partial charge in [0.25, 0.3) is 0 Å². The summed E-state index contributed by atoms with van der Waals surface area (Å²) >= 11 is 12.1. The smallest absolute Gasteiger partial charge is 0.110 e. The molecule has 0 saturated heterocycles. The molecular weight excluding hydrogens is 269 g/mol. The lowest BCUT2D eigenvalue weighted by molar-refractivity contribution is 0.120. The fourth-order valence-corrected chi connectivity index (χ4v) is 2.58. The zero-order valence-electron chi connectivity index (χ0n) is 10.3. The molecule has 18 heavy (non-hydrogen) atoms. The molecule has 2 atom stereocenters. The van der Waals surface area contributed by atoms with E-state index < -0.39 is 0 Å². The van der Waals surface area contributed by atoms with Crippen molar-refractivity contribution < 1.29 is 4.74 Å². The van der Waals surface area contributed by atoms with Gasteiger partial charge in [-0.1, -0.05) is 29.3 Å². The predicted molar refractivity (Wildman–Crippen MR) is 76.1 cm³/mol. The number of halogens is 2. The molecule has 1 N–H and O–H groups in total. The molecule has 2 nitrogen and oxygen atoms in total. The van der Waals surface area contributed by atoms with Crippen LogP contribution >= 0.6 is 23.2 Å². The molecule has 1 aliphatic heterocycles. The highest BCUT2D eigenvalue weighted by atomic mass is 35.5. The first-order chi connectivity index (χ1) is 8.66. The summed E-state index contributed by atoms with van der Waals surface area (Å²) in [6, 6.07) is 5.78. The second kappa shape index (κ2) is 6.46. The van der Waals surface area contributed by atoms with E-state index in [-0.39, 0.29) is 12.1 Å². The van der Waals surface area contributed by atoms with Crippen molar-refractivity contribution in [3.8, 4) is 0 Å². The third kappa shape index (κ3) is 3.64. The highest BCUT2D eigenvalue weighted by Crippen LogP contribution is 2.26. The van der Waals surface area contributed by atoms with Crippen molar-refractivity contribution in [3.63, 3.8) is 0 Å². The van der Waals surface area contributed by atoms with Gasteiger partial charge >= 0.3 is 0 Å². The van der Waals surface area contributed by atoms with Crippen LogP contribution in [0, 0.1) is 0 Å². The zero-order valence-corrected chi connectivity index (χ0v) is 11.8. The van der Waals surface area contributed by atoms with E-state index in [1.807, 2.05) is 12.1 Å². The van der Waals surface area contributed by atoms with Gasteiger partial charge in [-0.2, -0.15) is 0 Å². The number of hydrogen-bond acceptors (Lipinski definition) is 2. The third-order valence-electron chi connectivity index (χ3n) is 3.10. The van der Waals surface area contributed by atoms with Crippen molar-refractivity contribution in [2.45, 2.75) is 31.9 Å². The molecule has 2 rings (SSSR count). The highest BCUT2D eigenvalue weighted by Gasteiger charge is 2.14. The molecule has 0 aromatic heterocycles. The summed E-state index contributed by atoms with van der Waals surface area (Å²) < 4.78 is 5.52. The summed E-state index contributed by atoms with van der Waals surface area (Å²) in [6.07, 6.45) is 6.24. The number of hydrogen-bond donors (Lipinski definition) is 1. The number of nitrogens with one attached hydrogen (secondary N) is 1. The topological polar surface area (TPSA) is 21.3 Å². The summed E-state index contributed by atoms with van der Waals surface area (Å²) in [6.45, 7) is 2.91. The number of allylic oxidation sites excluding steroid dienone is 1. The van der Waals surface area contributed by atoms with E-state index in [9.17, 15) is 0 Å². The molecule has 2 unspecified atom stereocenters. The number of rotatable bonds is 4. The van der Waals surface area contributed by atoms with Crippen molar-refractivity contribution in [3.05, 3.63) is 46.1 Å². The van der Waals surface area contributed by atoms with Gasteiger partial charge in [0.15, 0.2) is 0 Å². The summed E-state index contributed by atoms with van der Waals surface area (Å²) in [4.78, 5) is 0. The molecule has 4 heteroatoms. The van der Waals surface area contributed by atoms with Gasteiger partial charge in [-0.25, -0.2) is 0 Å². The minimum atomic E-state index is 0.185. The van der Waals surface area contributed by atoms with E-state index >= 15 is 0 Å². The van der Waals surface area contributed by atoms with E-state index in [1.165, 1.54) is 0 Å². The molecule has 0 bridgehead atoms. The van der Waals surface area contributed by atoms with Gasteiger partial charge in [0, 0.05) is 22.6 Å². The summed E-state index contributed by atoms with van der Waals surface area (Å²) in [7, 11) is 0. The molecule has 98 valence electrons. The second-order valence-electron chi connectivity index (χ2n) is 4.50. The van der Waals surface area contributed by atoms with Crippen molar-refractivity contribution >= 4 is 23.2 Å². The summed E-state index contributed by atoms with van der Waals surface area (Å²) in [5.74, 6) is 0. The van der Waals surface area contributed by atoms with E-state index in [1.54, 1.807) is 12.3 Å². The van der Waals surface area contributed by atoms with Crippen LogP contribution in [0.1, 0.15) is 31.4 Å². The highest BCUT2D eigenvalue weighted by molar-refractivity contribution is 6.35. The zero-order chi connectivity index (χ0) is 13.0. The van der Waals surface area contributed by atoms with Crippen LogP contribution in [0.2, 0.25) is 10.0 Å². The van der Waals surface area contributed by atoms with Crippen LogP contribution in [0.3, 0.4) is 0 Å². The lowest BCUT2D eigenvalue weighted by Gasteiger charge is -2.23. The van der Waals surface area contributed by atoms with Gasteiger partial charge < -0.3 is 10.1 Å². The Hall–Kier alpha value is -0.700. The molecule has 0 aliphatic carbocycles. The van der Waals surface area contributed by atoms with Crippen LogP contribution < -0.4 is 5.32 Å². The Balaban J connectivity index is 1.90. The first kappa shape index (κ1) is 13.7. The van der Waals surface area contributed by atoms with E-state index in [4.69, 9.17) is 27.9 Å². The molecular formula is C14H17Cl2NO. The molecule has 1 aromatic rings. The van der Waals surface area contributed by atoms with E-state index in [0.29, 0.717) is 10.0 Å². The summed E-state index contributed by atoms with van der Waals surface area (Å²) in [5.41, 5.74) is 1.06. The van der Waals surface area contributed by atoms with Crippen molar-refractivity contribution in [1.82, 2.24) is 5.32 Å². The summed E-state index contributed by atoms with van der Waals surface area (Å²) in [5, 5.41) is 4.81. The quantitative estimate of drug-likeness (QED) is 0.889. The Bertz CT molecular complexity index is 434. The first-order valence-electron chi connectivity index (χ1n) is 6.15. The van der Waals surface area contributed by atoms with Crippen LogP contribution in [-0.2, 0) is 4.74 Å². The third-order valence-corrected chi connectivity index (χ3v) is 3.67. The maximum absolute atomic E-state index is 6.18. The van der Waals surface area contributed by atoms with Gasteiger partial charge in [0.2, 0.25) is 0 Å². The van der Waals surface area contributed by atoms with Crippen LogP contribution in [-0.4, -0.2) is 12.6 Å². The van der Waals surface area contributed by atoms with Crippen LogP contribution in [0.4, 0.5) is 0 Å². The van der Waals surface area contributed by atoms with Crippen molar-refractivity contribution in [2.24, 2.45) is 0 Å². The Morgan fingerprint density at radius 2 is 2.28 bits per heavy atom. The van der Waals surface area contributed by atoms with Crippen LogP contribution in [0.5, 0.6) is 0 Å². The maximum atomic E-state index is 6.18. The molecule has 1 aliphatic rings. The monoisotopic (exact) mass is 285 g/mol. The largest absolute Gasteiger partial charge is 0.497 e. The van der Waals surface area contributed by atoms with Gasteiger partial charge in [-0.05, 0) is 43.5 Å². The standard InChI is InChI=1S/C14H17Cl2NO/c1-10(13-6-5-11(15)8-14(13)16)17-9-12-4-2-3-7-18-12/h3,5-8,10,12,17H,2,4,9H2,1H3. The van der Waals surface area contributed by atoms with Crippen molar-refractivity contribution in [2.75, 3.05) is 6.54 Å². The van der Waals surface area contributed by atoms with Gasteiger partial charge in [-0.15, -0.1) is 0 Å². The maximum Gasteiger partial charge on any atom is 0.110 e. The average Bonchev–Trinajstić information content (AvgIpc) is 2.37. The lowest BCUT2D eigenvalue weighted by atomic mass is 10.1. The minimum absolute atomic E-state index is 0.185. The molecule has 0 spiro atoms. The van der Waals surface area contributed by atoms with Crippen LogP contribution in [0.15, 0.2) is 30.5 Å². The Morgan fingerprint density at radius 1 is 1.44 bits per heavy atom. The fraction of sp³-hybridized carbons (Fsp3) is 0.429. The molecule has 1 heterocycles. The van der Waals surface area contributed by atoms with Gasteiger partial charge in [-0.3, -0.25) is 0 Å². The minimum Gasteiger partial charge on any atom is -0.497 e. The Morgan fingerprint density at radius 3 is 2.94 bits per heavy atom. The Labute approximate surface area is 118 Å². The van der Waals surface area contributed by atoms with Crippen LogP contribution in [0.25, 0.3) is 0 Å². The Kier molecular flexibility index (Phi) is 4.93. The second-order valence-corrected chi connectivity index (χ2v) is 5.35. The SMILES string of the molecule is CC(NCC1CCC=CO1)c1ccc(Cl)cc1Cl. The van der Waals surface area contributed by atoms with Crippen molar-refractivity contribution in [1.29, 1.82) is 0 Å². The lowest BCUT2D eigenvalue weighted by Crippen LogP contribution is -2.31. The van der Waals surface area contributed by atoms with Gasteiger partial charge in [0.05, 0.1) is 6.26 Å². The van der Waals surface area contributed by atoms with Gasteiger partial charge in [0.1, 0.15) is 6.10 Å². The predicted octanol–water partition coefficient (Wildman–Crippen LogP) is 4.34. The van der Waals surface area contributed by atoms with E-state index in [0.717, 1.165) is 24.9 Å². The molecule has 0 radical (unpaired) electrons. The van der Waals surface area contributed by atoms with E-state index in [2.05, 4.69) is 18.3 Å². The molecule has 0 fully saturated rings. The fourth-order valence-electron chi connectivity index (χ4n) is 2.01. The number of ether oxygens (including phenoxy) is 1. The normalized spacial score (nSPS) is 20.5. The molecule has 0 saturated carbocycles. The average molecular weight is 286 g/mol. The first-order valence-corrected chi connectivity index (χ1v) is 6.91. The number of benzene rings is 1.